The lowest BCUT2D eigenvalue weighted by Crippen LogP contribution is -2.41. The monoisotopic (exact) mass is 278 g/mol. The minimum absolute atomic E-state index is 0.0606. The Kier molecular flexibility index (Phi) is 4.96. The molecular formula is C14H22N4O2. The summed E-state index contributed by atoms with van der Waals surface area (Å²) >= 11 is 0. The van der Waals surface area contributed by atoms with Crippen molar-refractivity contribution in [1.82, 2.24) is 5.32 Å². The Labute approximate surface area is 118 Å². The number of carbonyl (C=O) groups excluding carboxylic acids is 2. The Balaban J connectivity index is 2.60. The molecule has 6 nitrogen and oxygen atoms in total. The molecule has 0 saturated heterocycles. The van der Waals surface area contributed by atoms with Crippen LogP contribution in [-0.4, -0.2) is 23.9 Å². The summed E-state index contributed by atoms with van der Waals surface area (Å²) in [6.45, 7) is 6.15. The second-order valence-electron chi connectivity index (χ2n) is 5.64. The Morgan fingerprint density at radius 2 is 1.90 bits per heavy atom. The van der Waals surface area contributed by atoms with E-state index in [2.05, 4.69) is 10.6 Å². The third-order valence-electron chi connectivity index (χ3n) is 2.49. The fraction of sp³-hybridized carbons (Fsp3) is 0.429. The summed E-state index contributed by atoms with van der Waals surface area (Å²) in [5.41, 5.74) is 12.1. The first-order valence-corrected chi connectivity index (χ1v) is 6.43. The fourth-order valence-corrected chi connectivity index (χ4v) is 1.71. The summed E-state index contributed by atoms with van der Waals surface area (Å²) in [7, 11) is 0. The molecule has 20 heavy (non-hydrogen) atoms. The standard InChI is InChI=1S/C14H22N4O2/c1-14(2,3)18-12(19)6-7-17-11-8-9(15)4-5-10(11)13(16)20/h4-5,8,17H,6-7,15H2,1-3H3,(H2,16,20)(H,18,19). The van der Waals surface area contributed by atoms with Gasteiger partial charge in [0.15, 0.2) is 0 Å². The molecule has 0 fully saturated rings. The van der Waals surface area contributed by atoms with E-state index in [0.717, 1.165) is 0 Å². The zero-order valence-electron chi connectivity index (χ0n) is 12.1. The van der Waals surface area contributed by atoms with Crippen LogP contribution in [0.25, 0.3) is 0 Å². The van der Waals surface area contributed by atoms with Gasteiger partial charge in [-0.3, -0.25) is 9.59 Å². The van der Waals surface area contributed by atoms with Gasteiger partial charge in [-0.05, 0) is 39.0 Å². The lowest BCUT2D eigenvalue weighted by Gasteiger charge is -2.20. The number of nitrogen functional groups attached to an aromatic ring is 1. The number of benzene rings is 1. The molecule has 0 aliphatic rings. The molecule has 0 saturated carbocycles. The first-order chi connectivity index (χ1) is 9.19. The van der Waals surface area contributed by atoms with Gasteiger partial charge in [-0.2, -0.15) is 0 Å². The highest BCUT2D eigenvalue weighted by Gasteiger charge is 2.13. The van der Waals surface area contributed by atoms with Crippen LogP contribution in [0.2, 0.25) is 0 Å². The molecule has 0 spiro atoms. The maximum atomic E-state index is 11.7. The summed E-state index contributed by atoms with van der Waals surface area (Å²) in [5, 5.41) is 5.87. The van der Waals surface area contributed by atoms with Crippen LogP contribution in [0, 0.1) is 0 Å². The van der Waals surface area contributed by atoms with Gasteiger partial charge in [0.25, 0.3) is 5.91 Å². The molecule has 1 rings (SSSR count). The van der Waals surface area contributed by atoms with Crippen molar-refractivity contribution in [3.05, 3.63) is 23.8 Å². The van der Waals surface area contributed by atoms with E-state index in [1.807, 2.05) is 20.8 Å². The predicted octanol–water partition coefficient (Wildman–Crippen LogP) is 1.08. The number of rotatable bonds is 5. The van der Waals surface area contributed by atoms with Crippen LogP contribution >= 0.6 is 0 Å². The van der Waals surface area contributed by atoms with Crippen molar-refractivity contribution in [2.24, 2.45) is 5.73 Å². The molecule has 0 aromatic heterocycles. The number of hydrogen-bond acceptors (Lipinski definition) is 4. The average Bonchev–Trinajstić information content (AvgIpc) is 2.26. The van der Waals surface area contributed by atoms with Gasteiger partial charge < -0.3 is 22.1 Å². The van der Waals surface area contributed by atoms with Crippen molar-refractivity contribution in [3.63, 3.8) is 0 Å². The third kappa shape index (κ3) is 5.17. The number of nitrogens with one attached hydrogen (secondary N) is 2. The van der Waals surface area contributed by atoms with E-state index in [-0.39, 0.29) is 11.4 Å². The van der Waals surface area contributed by atoms with Crippen molar-refractivity contribution >= 4 is 23.2 Å². The Bertz CT molecular complexity index is 506. The first kappa shape index (κ1) is 15.8. The van der Waals surface area contributed by atoms with E-state index < -0.39 is 5.91 Å². The van der Waals surface area contributed by atoms with E-state index in [1.165, 1.54) is 0 Å². The number of nitrogens with two attached hydrogens (primary N) is 2. The van der Waals surface area contributed by atoms with E-state index in [4.69, 9.17) is 11.5 Å². The Morgan fingerprint density at radius 3 is 2.45 bits per heavy atom. The minimum atomic E-state index is -0.536. The molecule has 2 amide bonds. The van der Waals surface area contributed by atoms with Crippen LogP contribution in [0.4, 0.5) is 11.4 Å². The average molecular weight is 278 g/mol. The first-order valence-electron chi connectivity index (χ1n) is 6.43. The van der Waals surface area contributed by atoms with E-state index in [0.29, 0.717) is 29.9 Å². The summed E-state index contributed by atoms with van der Waals surface area (Å²) in [5.74, 6) is -0.596. The van der Waals surface area contributed by atoms with E-state index in [1.54, 1.807) is 18.2 Å². The molecule has 1 aromatic carbocycles. The largest absolute Gasteiger partial charge is 0.399 e. The molecule has 0 unspecified atom stereocenters. The van der Waals surface area contributed by atoms with E-state index >= 15 is 0 Å². The quantitative estimate of drug-likeness (QED) is 0.604. The maximum Gasteiger partial charge on any atom is 0.250 e. The van der Waals surface area contributed by atoms with Gasteiger partial charge in [0.05, 0.1) is 5.56 Å². The number of primary amides is 1. The summed E-state index contributed by atoms with van der Waals surface area (Å²) in [4.78, 5) is 22.9. The van der Waals surface area contributed by atoms with Crippen LogP contribution in [0.15, 0.2) is 18.2 Å². The summed E-state index contributed by atoms with van der Waals surface area (Å²) in [6.07, 6.45) is 0.296. The van der Waals surface area contributed by atoms with Crippen molar-refractivity contribution in [2.75, 3.05) is 17.6 Å². The second-order valence-corrected chi connectivity index (χ2v) is 5.64. The Hall–Kier alpha value is -2.24. The molecule has 0 heterocycles. The van der Waals surface area contributed by atoms with Crippen LogP contribution in [0.1, 0.15) is 37.6 Å². The molecular weight excluding hydrogens is 256 g/mol. The van der Waals surface area contributed by atoms with Gasteiger partial charge in [-0.15, -0.1) is 0 Å². The summed E-state index contributed by atoms with van der Waals surface area (Å²) in [6, 6.07) is 4.80. The summed E-state index contributed by atoms with van der Waals surface area (Å²) < 4.78 is 0. The van der Waals surface area contributed by atoms with E-state index in [9.17, 15) is 9.59 Å². The van der Waals surface area contributed by atoms with Crippen LogP contribution < -0.4 is 22.1 Å². The normalized spacial score (nSPS) is 10.9. The molecule has 1 aromatic rings. The molecule has 0 aliphatic heterocycles. The van der Waals surface area contributed by atoms with Crippen molar-refractivity contribution in [3.8, 4) is 0 Å². The lowest BCUT2D eigenvalue weighted by atomic mass is 10.1. The molecule has 6 heteroatoms. The van der Waals surface area contributed by atoms with Gasteiger partial charge in [0, 0.05) is 29.9 Å². The zero-order chi connectivity index (χ0) is 15.3. The van der Waals surface area contributed by atoms with Crippen molar-refractivity contribution in [1.29, 1.82) is 0 Å². The highest BCUT2D eigenvalue weighted by atomic mass is 16.2. The maximum absolute atomic E-state index is 11.7. The molecule has 0 bridgehead atoms. The van der Waals surface area contributed by atoms with Crippen molar-refractivity contribution in [2.45, 2.75) is 32.7 Å². The van der Waals surface area contributed by atoms with Crippen LogP contribution in [0.3, 0.4) is 0 Å². The number of amides is 2. The molecule has 6 N–H and O–H groups in total. The van der Waals surface area contributed by atoms with Crippen molar-refractivity contribution < 1.29 is 9.59 Å². The molecule has 110 valence electrons. The highest BCUT2D eigenvalue weighted by Crippen LogP contribution is 2.18. The van der Waals surface area contributed by atoms with Crippen LogP contribution in [0.5, 0.6) is 0 Å². The molecule has 0 aliphatic carbocycles. The van der Waals surface area contributed by atoms with Gasteiger partial charge in [-0.25, -0.2) is 0 Å². The van der Waals surface area contributed by atoms with Gasteiger partial charge >= 0.3 is 0 Å². The molecule has 0 atom stereocenters. The second kappa shape index (κ2) is 6.27. The van der Waals surface area contributed by atoms with Gasteiger partial charge in [0.1, 0.15) is 0 Å². The van der Waals surface area contributed by atoms with Gasteiger partial charge in [-0.1, -0.05) is 0 Å². The minimum Gasteiger partial charge on any atom is -0.399 e. The zero-order valence-corrected chi connectivity index (χ0v) is 12.1. The Morgan fingerprint density at radius 1 is 1.25 bits per heavy atom. The number of anilines is 2. The third-order valence-corrected chi connectivity index (χ3v) is 2.49. The van der Waals surface area contributed by atoms with Gasteiger partial charge in [0.2, 0.25) is 5.91 Å². The number of hydrogen-bond donors (Lipinski definition) is 4. The predicted molar refractivity (Wildman–Crippen MR) is 80.4 cm³/mol. The number of carbonyl (C=O) groups is 2. The fourth-order valence-electron chi connectivity index (χ4n) is 1.71. The topological polar surface area (TPSA) is 110 Å². The SMILES string of the molecule is CC(C)(C)NC(=O)CCNc1cc(N)ccc1C(N)=O. The van der Waals surface area contributed by atoms with Crippen LogP contribution in [-0.2, 0) is 4.79 Å². The smallest absolute Gasteiger partial charge is 0.250 e. The highest BCUT2D eigenvalue weighted by molar-refractivity contribution is 5.99. The molecule has 0 radical (unpaired) electrons. The lowest BCUT2D eigenvalue weighted by molar-refractivity contribution is -0.122.